The van der Waals surface area contributed by atoms with Gasteiger partial charge in [-0.1, -0.05) is 11.6 Å². The van der Waals surface area contributed by atoms with Gasteiger partial charge >= 0.3 is 0 Å². The van der Waals surface area contributed by atoms with Crippen molar-refractivity contribution in [1.82, 2.24) is 0 Å². The predicted molar refractivity (Wildman–Crippen MR) is 77.0 cm³/mol. The highest BCUT2D eigenvalue weighted by Crippen LogP contribution is 2.28. The summed E-state index contributed by atoms with van der Waals surface area (Å²) in [5.41, 5.74) is 2.64. The molecule has 0 unspecified atom stereocenters. The average molecular weight is 278 g/mol. The molecule has 1 aromatic carbocycles. The Balaban J connectivity index is 2.22. The Bertz CT molecular complexity index is 604. The number of benzene rings is 1. The molecule has 1 aromatic heterocycles. The Morgan fingerprint density at radius 2 is 2.11 bits per heavy atom. The van der Waals surface area contributed by atoms with E-state index < -0.39 is 0 Å². The topological polar surface area (TPSA) is 33.5 Å². The molecule has 1 heterocycles. The van der Waals surface area contributed by atoms with E-state index in [-0.39, 0.29) is 5.78 Å². The smallest absolute Gasteiger partial charge is 0.159 e. The first-order valence-corrected chi connectivity index (χ1v) is 6.41. The summed E-state index contributed by atoms with van der Waals surface area (Å²) in [6, 6.07) is 7.32. The summed E-state index contributed by atoms with van der Waals surface area (Å²) >= 11 is 6.23. The van der Waals surface area contributed by atoms with Gasteiger partial charge in [-0.2, -0.15) is 0 Å². The zero-order valence-corrected chi connectivity index (χ0v) is 12.0. The van der Waals surface area contributed by atoms with E-state index in [1.165, 1.54) is 6.92 Å². The molecule has 0 saturated heterocycles. The molecule has 2 rings (SSSR count). The van der Waals surface area contributed by atoms with E-state index in [0.717, 1.165) is 17.0 Å². The molecule has 4 heteroatoms. The lowest BCUT2D eigenvalue weighted by Crippen LogP contribution is -2.17. The van der Waals surface area contributed by atoms with Gasteiger partial charge in [0.15, 0.2) is 5.78 Å². The first kappa shape index (κ1) is 13.7. The van der Waals surface area contributed by atoms with Crippen molar-refractivity contribution in [3.05, 3.63) is 52.4 Å². The lowest BCUT2D eigenvalue weighted by Gasteiger charge is -2.20. The van der Waals surface area contributed by atoms with E-state index >= 15 is 0 Å². The minimum absolute atomic E-state index is 0.0155. The van der Waals surface area contributed by atoms with Gasteiger partial charge in [-0.3, -0.25) is 4.79 Å². The van der Waals surface area contributed by atoms with Gasteiger partial charge in [-0.15, -0.1) is 0 Å². The van der Waals surface area contributed by atoms with E-state index in [4.69, 9.17) is 16.0 Å². The lowest BCUT2D eigenvalue weighted by molar-refractivity contribution is 0.101. The van der Waals surface area contributed by atoms with Crippen molar-refractivity contribution in [2.45, 2.75) is 20.4 Å². The second-order valence-electron chi connectivity index (χ2n) is 4.58. The quantitative estimate of drug-likeness (QED) is 0.790. The van der Waals surface area contributed by atoms with E-state index in [1.54, 1.807) is 18.4 Å². The highest BCUT2D eigenvalue weighted by atomic mass is 35.5. The molecule has 0 fully saturated rings. The van der Waals surface area contributed by atoms with Gasteiger partial charge in [0.05, 0.1) is 17.0 Å². The highest BCUT2D eigenvalue weighted by molar-refractivity contribution is 6.33. The third-order valence-electron chi connectivity index (χ3n) is 3.14. The number of halogens is 1. The van der Waals surface area contributed by atoms with Gasteiger partial charge in [-0.05, 0) is 38.1 Å². The van der Waals surface area contributed by atoms with Crippen molar-refractivity contribution in [3.8, 4) is 0 Å². The Kier molecular flexibility index (Phi) is 3.96. The summed E-state index contributed by atoms with van der Waals surface area (Å²) in [6.07, 6.45) is 1.68. The first-order chi connectivity index (χ1) is 8.99. The molecule has 0 N–H and O–H groups in total. The highest BCUT2D eigenvalue weighted by Gasteiger charge is 2.11. The Labute approximate surface area is 117 Å². The summed E-state index contributed by atoms with van der Waals surface area (Å²) in [5.74, 6) is 0.921. The standard InChI is InChI=1S/C15H16ClNO2/c1-10(18)12-4-5-15(14(16)8-12)17(3)9-13-6-7-19-11(13)2/h4-8H,9H2,1-3H3. The average Bonchev–Trinajstić information content (AvgIpc) is 2.74. The van der Waals surface area contributed by atoms with E-state index in [9.17, 15) is 4.79 Å². The second-order valence-corrected chi connectivity index (χ2v) is 4.99. The zero-order valence-electron chi connectivity index (χ0n) is 11.2. The van der Waals surface area contributed by atoms with Gasteiger partial charge < -0.3 is 9.32 Å². The molecule has 0 aliphatic heterocycles. The van der Waals surface area contributed by atoms with Crippen molar-refractivity contribution in [3.63, 3.8) is 0 Å². The first-order valence-electron chi connectivity index (χ1n) is 6.03. The maximum atomic E-state index is 11.3. The van der Waals surface area contributed by atoms with E-state index in [0.29, 0.717) is 17.1 Å². The van der Waals surface area contributed by atoms with Crippen LogP contribution in [0.4, 0.5) is 5.69 Å². The van der Waals surface area contributed by atoms with Gasteiger partial charge in [0.2, 0.25) is 0 Å². The fourth-order valence-corrected chi connectivity index (χ4v) is 2.28. The van der Waals surface area contributed by atoms with Gasteiger partial charge in [0.1, 0.15) is 5.76 Å². The number of carbonyl (C=O) groups excluding carboxylic acids is 1. The van der Waals surface area contributed by atoms with Crippen LogP contribution in [0.3, 0.4) is 0 Å². The van der Waals surface area contributed by atoms with Crippen molar-refractivity contribution < 1.29 is 9.21 Å². The molecule has 19 heavy (non-hydrogen) atoms. The van der Waals surface area contributed by atoms with Crippen LogP contribution < -0.4 is 4.90 Å². The number of furan rings is 1. The number of rotatable bonds is 4. The molecule has 100 valence electrons. The van der Waals surface area contributed by atoms with E-state index in [1.807, 2.05) is 31.0 Å². The van der Waals surface area contributed by atoms with Crippen LogP contribution in [0, 0.1) is 6.92 Å². The minimum atomic E-state index is 0.0155. The third kappa shape index (κ3) is 2.99. The fourth-order valence-electron chi connectivity index (χ4n) is 1.95. The monoisotopic (exact) mass is 277 g/mol. The van der Waals surface area contributed by atoms with Gasteiger partial charge in [-0.25, -0.2) is 0 Å². The molecule has 0 aliphatic carbocycles. The fraction of sp³-hybridized carbons (Fsp3) is 0.267. The number of ketones is 1. The predicted octanol–water partition coefficient (Wildman–Crippen LogP) is 4.08. The van der Waals surface area contributed by atoms with Crippen LogP contribution in [0.2, 0.25) is 5.02 Å². The number of carbonyl (C=O) groups is 1. The van der Waals surface area contributed by atoms with Crippen LogP contribution in [0.25, 0.3) is 0 Å². The maximum Gasteiger partial charge on any atom is 0.159 e. The summed E-state index contributed by atoms with van der Waals surface area (Å²) in [5, 5.41) is 0.580. The molecule has 2 aromatic rings. The molecular weight excluding hydrogens is 262 g/mol. The van der Waals surface area contributed by atoms with Crippen LogP contribution in [0.15, 0.2) is 34.9 Å². The molecule has 0 aliphatic rings. The second kappa shape index (κ2) is 5.49. The molecule has 3 nitrogen and oxygen atoms in total. The Morgan fingerprint density at radius 1 is 1.37 bits per heavy atom. The number of aryl methyl sites for hydroxylation is 1. The summed E-state index contributed by atoms with van der Waals surface area (Å²) in [4.78, 5) is 13.3. The number of nitrogens with zero attached hydrogens (tertiary/aromatic N) is 1. The van der Waals surface area contributed by atoms with Crippen LogP contribution in [0.1, 0.15) is 28.6 Å². The molecule has 0 radical (unpaired) electrons. The SMILES string of the molecule is CC(=O)c1ccc(N(C)Cc2ccoc2C)c(Cl)c1. The largest absolute Gasteiger partial charge is 0.469 e. The van der Waals surface area contributed by atoms with Gasteiger partial charge in [0, 0.05) is 24.7 Å². The molecule has 0 bridgehead atoms. The molecule has 0 atom stereocenters. The van der Waals surface area contributed by atoms with Crippen molar-refractivity contribution in [1.29, 1.82) is 0 Å². The maximum absolute atomic E-state index is 11.3. The Morgan fingerprint density at radius 3 is 2.63 bits per heavy atom. The van der Waals surface area contributed by atoms with Gasteiger partial charge in [0.25, 0.3) is 0 Å². The molecular formula is C15H16ClNO2. The summed E-state index contributed by atoms with van der Waals surface area (Å²) < 4.78 is 5.28. The lowest BCUT2D eigenvalue weighted by atomic mass is 10.1. The minimum Gasteiger partial charge on any atom is -0.469 e. The van der Waals surface area contributed by atoms with Crippen LogP contribution in [-0.4, -0.2) is 12.8 Å². The summed E-state index contributed by atoms with van der Waals surface area (Å²) in [6.45, 7) is 4.18. The molecule has 0 spiro atoms. The Hall–Kier alpha value is -1.74. The van der Waals surface area contributed by atoms with E-state index in [2.05, 4.69) is 0 Å². The number of Topliss-reactive ketones (excluding diaryl/α,β-unsaturated/α-hetero) is 1. The van der Waals surface area contributed by atoms with Crippen LogP contribution in [0.5, 0.6) is 0 Å². The third-order valence-corrected chi connectivity index (χ3v) is 3.44. The number of hydrogen-bond acceptors (Lipinski definition) is 3. The number of anilines is 1. The van der Waals surface area contributed by atoms with Crippen molar-refractivity contribution in [2.75, 3.05) is 11.9 Å². The summed E-state index contributed by atoms with van der Waals surface area (Å²) in [7, 11) is 1.96. The zero-order chi connectivity index (χ0) is 14.0. The van der Waals surface area contributed by atoms with Crippen LogP contribution in [-0.2, 0) is 6.54 Å². The van der Waals surface area contributed by atoms with Crippen molar-refractivity contribution >= 4 is 23.1 Å². The number of hydrogen-bond donors (Lipinski definition) is 0. The normalized spacial score (nSPS) is 10.5. The molecule has 0 saturated carbocycles. The van der Waals surface area contributed by atoms with Crippen LogP contribution >= 0.6 is 11.6 Å². The van der Waals surface area contributed by atoms with Crippen molar-refractivity contribution in [2.24, 2.45) is 0 Å². The molecule has 0 amide bonds.